The zero-order valence-electron chi connectivity index (χ0n) is 16.3. The van der Waals surface area contributed by atoms with Crippen LogP contribution >= 0.6 is 27.7 Å². The fourth-order valence-electron chi connectivity index (χ4n) is 2.86. The molecule has 3 heterocycles. The molecule has 0 unspecified atom stereocenters. The van der Waals surface area contributed by atoms with E-state index in [-0.39, 0.29) is 18.1 Å². The number of aromatic nitrogens is 1. The molecule has 2 amide bonds. The van der Waals surface area contributed by atoms with Crippen LogP contribution in [-0.4, -0.2) is 75.0 Å². The van der Waals surface area contributed by atoms with E-state index in [9.17, 15) is 24.3 Å². The number of oxime groups is 1. The fourth-order valence-corrected chi connectivity index (χ4v) is 4.46. The average molecular weight is 517 g/mol. The lowest BCUT2D eigenvalue weighted by Crippen LogP contribution is -2.70. The van der Waals surface area contributed by atoms with Gasteiger partial charge in [0, 0.05) is 24.3 Å². The molecule has 3 rings (SSSR count). The van der Waals surface area contributed by atoms with E-state index in [0.29, 0.717) is 21.6 Å². The molecule has 12 nitrogen and oxygen atoms in total. The number of nitrogens with one attached hydrogen (secondary N) is 1. The highest BCUT2D eigenvalue weighted by atomic mass is 79.9. The quantitative estimate of drug-likeness (QED) is 0.215. The zero-order chi connectivity index (χ0) is 22.7. The molecule has 2 aliphatic heterocycles. The first-order valence-corrected chi connectivity index (χ1v) is 10.6. The number of carboxylic acid groups (broad SMARTS) is 1. The van der Waals surface area contributed by atoms with Gasteiger partial charge in [-0.05, 0) is 22.9 Å². The highest BCUT2D eigenvalue weighted by Crippen LogP contribution is 2.40. The van der Waals surface area contributed by atoms with Gasteiger partial charge in [-0.2, -0.15) is 0 Å². The average Bonchev–Trinajstić information content (AvgIpc) is 3.15. The Balaban J connectivity index is 1.57. The van der Waals surface area contributed by atoms with Crippen LogP contribution in [-0.2, 0) is 28.8 Å². The third-order valence-corrected chi connectivity index (χ3v) is 5.96. The van der Waals surface area contributed by atoms with E-state index in [2.05, 4.69) is 31.6 Å². The van der Waals surface area contributed by atoms with Crippen LogP contribution in [0.4, 0.5) is 0 Å². The summed E-state index contributed by atoms with van der Waals surface area (Å²) in [7, 11) is 0. The lowest BCUT2D eigenvalue weighted by atomic mass is 10.0. The minimum absolute atomic E-state index is 0.218. The van der Waals surface area contributed by atoms with E-state index in [1.807, 2.05) is 0 Å². The molecule has 0 aromatic carbocycles. The van der Waals surface area contributed by atoms with Gasteiger partial charge in [-0.1, -0.05) is 10.3 Å². The molecule has 2 aliphatic rings. The van der Waals surface area contributed by atoms with Crippen molar-refractivity contribution in [3.05, 3.63) is 27.7 Å². The van der Waals surface area contributed by atoms with Gasteiger partial charge in [0.25, 0.3) is 11.8 Å². The third-order valence-electron chi connectivity index (χ3n) is 4.25. The predicted octanol–water partition coefficient (Wildman–Crippen LogP) is 0.479. The second kappa shape index (κ2) is 9.51. The molecule has 1 aromatic heterocycles. The first-order valence-electron chi connectivity index (χ1n) is 8.81. The second-order valence-corrected chi connectivity index (χ2v) is 8.37. The standard InChI is InChI=1S/C17H17BrN4O8S/c1-7(10-3-11(18)21-30-10)20-29-5-12(24)19-13-15(25)22-14(17(26)27)9(4-28-8(2)23)6-31-16(13)22/h3,13,16H,4-6H2,1-2H3,(H,19,24)(H,26,27)/b20-7-/t13-,16-/m1/s1. The lowest BCUT2D eigenvalue weighted by Gasteiger charge is -2.49. The number of carboxylic acids is 1. The van der Waals surface area contributed by atoms with Crippen LogP contribution in [0, 0.1) is 0 Å². The lowest BCUT2D eigenvalue weighted by molar-refractivity contribution is -0.151. The molecule has 0 saturated carbocycles. The zero-order valence-corrected chi connectivity index (χ0v) is 18.7. The number of halogens is 1. The van der Waals surface area contributed by atoms with Crippen LogP contribution in [0.1, 0.15) is 19.6 Å². The first-order chi connectivity index (χ1) is 14.7. The van der Waals surface area contributed by atoms with Crippen LogP contribution < -0.4 is 5.32 Å². The summed E-state index contributed by atoms with van der Waals surface area (Å²) in [5.74, 6) is -2.44. The van der Waals surface area contributed by atoms with Crippen molar-refractivity contribution in [3.63, 3.8) is 0 Å². The molecule has 1 fully saturated rings. The summed E-state index contributed by atoms with van der Waals surface area (Å²) < 4.78 is 10.3. The topological polar surface area (TPSA) is 161 Å². The third kappa shape index (κ3) is 5.07. The number of ether oxygens (including phenoxy) is 1. The number of esters is 1. The summed E-state index contributed by atoms with van der Waals surface area (Å²) in [5, 5.41) is 18.8. The van der Waals surface area contributed by atoms with Crippen molar-refractivity contribution in [3.8, 4) is 0 Å². The number of thioether (sulfide) groups is 1. The van der Waals surface area contributed by atoms with Gasteiger partial charge in [0.2, 0.25) is 0 Å². The Bertz CT molecular complexity index is 991. The Hall–Kier alpha value is -2.87. The Morgan fingerprint density at radius 2 is 2.19 bits per heavy atom. The van der Waals surface area contributed by atoms with Crippen LogP contribution in [0.5, 0.6) is 0 Å². The molecule has 2 N–H and O–H groups in total. The van der Waals surface area contributed by atoms with Crippen molar-refractivity contribution in [1.82, 2.24) is 15.4 Å². The van der Waals surface area contributed by atoms with Crippen LogP contribution in [0.2, 0.25) is 0 Å². The smallest absolute Gasteiger partial charge is 0.352 e. The molecule has 0 radical (unpaired) electrons. The maximum atomic E-state index is 12.5. The largest absolute Gasteiger partial charge is 0.477 e. The minimum atomic E-state index is -1.31. The molecule has 14 heteroatoms. The highest BCUT2D eigenvalue weighted by molar-refractivity contribution is 9.10. The van der Waals surface area contributed by atoms with Crippen molar-refractivity contribution < 1.29 is 38.4 Å². The number of nitrogens with zero attached hydrogens (tertiary/aromatic N) is 3. The molecular formula is C17H17BrN4O8S. The summed E-state index contributed by atoms with van der Waals surface area (Å²) in [6.45, 7) is 2.14. The molecule has 1 saturated heterocycles. The molecule has 0 aliphatic carbocycles. The van der Waals surface area contributed by atoms with E-state index in [1.54, 1.807) is 13.0 Å². The van der Waals surface area contributed by atoms with Gasteiger partial charge in [0.05, 0.1) is 0 Å². The molecule has 166 valence electrons. The SMILES string of the molecule is CC(=O)OCC1=C(C(=O)O)N2C(=O)[C@@H](NC(=O)CO/N=C(/C)c3cc(Br)no3)[C@H]2SC1. The molecule has 31 heavy (non-hydrogen) atoms. The number of β-lactam (4-membered cyclic amide) rings is 1. The van der Waals surface area contributed by atoms with Gasteiger partial charge in [-0.3, -0.25) is 19.3 Å². The number of aliphatic carboxylic acids is 1. The molecule has 0 spiro atoms. The van der Waals surface area contributed by atoms with E-state index >= 15 is 0 Å². The first kappa shape index (κ1) is 22.8. The minimum Gasteiger partial charge on any atom is -0.477 e. The Morgan fingerprint density at radius 1 is 1.45 bits per heavy atom. The van der Waals surface area contributed by atoms with E-state index in [0.717, 1.165) is 4.90 Å². The Labute approximate surface area is 188 Å². The Morgan fingerprint density at radius 3 is 2.81 bits per heavy atom. The van der Waals surface area contributed by atoms with Crippen molar-refractivity contribution in [2.24, 2.45) is 5.16 Å². The fraction of sp³-hybridized carbons (Fsp3) is 0.412. The summed E-state index contributed by atoms with van der Waals surface area (Å²) in [5.41, 5.74) is 0.445. The summed E-state index contributed by atoms with van der Waals surface area (Å²) in [6, 6.07) is 0.675. The van der Waals surface area contributed by atoms with Gasteiger partial charge >= 0.3 is 11.9 Å². The maximum Gasteiger partial charge on any atom is 0.352 e. The monoisotopic (exact) mass is 516 g/mol. The van der Waals surface area contributed by atoms with Gasteiger partial charge in [0.1, 0.15) is 34.0 Å². The van der Waals surface area contributed by atoms with Gasteiger partial charge in [0.15, 0.2) is 12.4 Å². The summed E-state index contributed by atoms with van der Waals surface area (Å²) >= 11 is 4.40. The predicted molar refractivity (Wildman–Crippen MR) is 109 cm³/mol. The molecule has 0 bridgehead atoms. The molecule has 2 atom stereocenters. The van der Waals surface area contributed by atoms with Gasteiger partial charge < -0.3 is 24.5 Å². The number of rotatable bonds is 8. The van der Waals surface area contributed by atoms with Crippen LogP contribution in [0.3, 0.4) is 0 Å². The number of carbonyl (C=O) groups is 4. The number of amides is 2. The highest BCUT2D eigenvalue weighted by Gasteiger charge is 2.54. The molecule has 1 aromatic rings. The molecular weight excluding hydrogens is 500 g/mol. The van der Waals surface area contributed by atoms with Crippen molar-refractivity contribution in [2.75, 3.05) is 19.0 Å². The normalized spacial score (nSPS) is 20.7. The number of hydrogen-bond donors (Lipinski definition) is 2. The van der Waals surface area contributed by atoms with Crippen molar-refractivity contribution in [1.29, 1.82) is 0 Å². The number of fused-ring (bicyclic) bond motifs is 1. The number of hydrogen-bond acceptors (Lipinski definition) is 10. The number of carbonyl (C=O) groups excluding carboxylic acids is 3. The Kier molecular flexibility index (Phi) is 7.00. The maximum absolute atomic E-state index is 12.5. The summed E-state index contributed by atoms with van der Waals surface area (Å²) in [6.07, 6.45) is 0. The summed E-state index contributed by atoms with van der Waals surface area (Å²) in [4.78, 5) is 53.4. The second-order valence-electron chi connectivity index (χ2n) is 6.46. The van der Waals surface area contributed by atoms with E-state index < -0.39 is 41.8 Å². The van der Waals surface area contributed by atoms with Crippen molar-refractivity contribution >= 4 is 57.2 Å². The van der Waals surface area contributed by atoms with Crippen molar-refractivity contribution in [2.45, 2.75) is 25.3 Å². The van der Waals surface area contributed by atoms with Crippen LogP contribution in [0.25, 0.3) is 0 Å². The van der Waals surface area contributed by atoms with Gasteiger partial charge in [-0.25, -0.2) is 4.79 Å². The van der Waals surface area contributed by atoms with Crippen LogP contribution in [0.15, 0.2) is 31.6 Å². The van der Waals surface area contributed by atoms with E-state index in [4.69, 9.17) is 14.1 Å². The van der Waals surface area contributed by atoms with E-state index in [1.165, 1.54) is 18.7 Å². The van der Waals surface area contributed by atoms with Gasteiger partial charge in [-0.15, -0.1) is 11.8 Å².